The van der Waals surface area contributed by atoms with Crippen LogP contribution < -0.4 is 5.73 Å². The first-order valence-electron chi connectivity index (χ1n) is 8.43. The zero-order valence-electron chi connectivity index (χ0n) is 13.9. The number of aliphatic hydroxyl groups is 1. The molecule has 2 nitrogen and oxygen atoms in total. The summed E-state index contributed by atoms with van der Waals surface area (Å²) in [7, 11) is 0. The molecule has 0 heterocycles. The van der Waals surface area contributed by atoms with E-state index < -0.39 is 5.60 Å². The zero-order valence-corrected chi connectivity index (χ0v) is 13.9. The maximum absolute atomic E-state index is 11.4. The minimum atomic E-state index is -0.850. The standard InChI is InChI=1S/C19H31NO/c1-15-9-10-17(13-16(15)2)18(3,21)19(14-20)11-7-5-4-6-8-12-19/h9-10,13,21H,4-8,11-12,14,20H2,1-3H3. The highest BCUT2D eigenvalue weighted by atomic mass is 16.3. The van der Waals surface area contributed by atoms with Gasteiger partial charge in [0.25, 0.3) is 0 Å². The van der Waals surface area contributed by atoms with Crippen LogP contribution in [0.15, 0.2) is 18.2 Å². The summed E-state index contributed by atoms with van der Waals surface area (Å²) in [6, 6.07) is 6.34. The van der Waals surface area contributed by atoms with Gasteiger partial charge in [-0.3, -0.25) is 0 Å². The molecule has 0 radical (unpaired) electrons. The number of nitrogens with two attached hydrogens (primary N) is 1. The smallest absolute Gasteiger partial charge is 0.0936 e. The fourth-order valence-electron chi connectivity index (χ4n) is 3.82. The number of aryl methyl sites for hydroxylation is 2. The lowest BCUT2D eigenvalue weighted by molar-refractivity contribution is -0.0864. The summed E-state index contributed by atoms with van der Waals surface area (Å²) in [5.74, 6) is 0. The summed E-state index contributed by atoms with van der Waals surface area (Å²) in [5.41, 5.74) is 8.69. The average Bonchev–Trinajstić information content (AvgIpc) is 2.42. The van der Waals surface area contributed by atoms with Crippen LogP contribution in [-0.4, -0.2) is 11.7 Å². The highest BCUT2D eigenvalue weighted by Gasteiger charge is 2.46. The summed E-state index contributed by atoms with van der Waals surface area (Å²) in [5, 5.41) is 11.4. The SMILES string of the molecule is Cc1ccc(C(C)(O)C2(CN)CCCCCCC2)cc1C. The van der Waals surface area contributed by atoms with E-state index in [1.54, 1.807) is 0 Å². The highest BCUT2D eigenvalue weighted by Crippen LogP contribution is 2.48. The lowest BCUT2D eigenvalue weighted by Crippen LogP contribution is -2.49. The first-order chi connectivity index (χ1) is 9.93. The van der Waals surface area contributed by atoms with Gasteiger partial charge in [0.05, 0.1) is 5.60 Å². The van der Waals surface area contributed by atoms with Crippen LogP contribution in [0.3, 0.4) is 0 Å². The lowest BCUT2D eigenvalue weighted by atomic mass is 9.63. The van der Waals surface area contributed by atoms with Crippen LogP contribution in [0.5, 0.6) is 0 Å². The summed E-state index contributed by atoms with van der Waals surface area (Å²) < 4.78 is 0. The van der Waals surface area contributed by atoms with Gasteiger partial charge < -0.3 is 10.8 Å². The van der Waals surface area contributed by atoms with Crippen molar-refractivity contribution in [3.63, 3.8) is 0 Å². The van der Waals surface area contributed by atoms with Crippen LogP contribution in [0, 0.1) is 19.3 Å². The summed E-state index contributed by atoms with van der Waals surface area (Å²) in [6.45, 7) is 6.77. The van der Waals surface area contributed by atoms with Gasteiger partial charge in [-0.15, -0.1) is 0 Å². The van der Waals surface area contributed by atoms with Crippen molar-refractivity contribution < 1.29 is 5.11 Å². The van der Waals surface area contributed by atoms with Gasteiger partial charge in [0.1, 0.15) is 0 Å². The topological polar surface area (TPSA) is 46.2 Å². The fraction of sp³-hybridized carbons (Fsp3) is 0.684. The number of rotatable bonds is 3. The van der Waals surface area contributed by atoms with Gasteiger partial charge in [-0.1, -0.05) is 50.3 Å². The molecule has 1 aliphatic rings. The lowest BCUT2D eigenvalue weighted by Gasteiger charge is -2.46. The summed E-state index contributed by atoms with van der Waals surface area (Å²) in [4.78, 5) is 0. The molecule has 0 aromatic heterocycles. The molecule has 1 aromatic carbocycles. The molecule has 118 valence electrons. The van der Waals surface area contributed by atoms with Crippen LogP contribution >= 0.6 is 0 Å². The molecule has 1 atom stereocenters. The zero-order chi connectivity index (χ0) is 15.5. The minimum Gasteiger partial charge on any atom is -0.385 e. The van der Waals surface area contributed by atoms with Crippen LogP contribution in [0.2, 0.25) is 0 Å². The Hall–Kier alpha value is -0.860. The molecule has 0 saturated heterocycles. The number of benzene rings is 1. The number of hydrogen-bond acceptors (Lipinski definition) is 2. The molecule has 1 saturated carbocycles. The normalized spacial score (nSPS) is 22.1. The molecule has 2 heteroatoms. The summed E-state index contributed by atoms with van der Waals surface area (Å²) in [6.07, 6.45) is 8.28. The molecular formula is C19H31NO. The second kappa shape index (κ2) is 6.50. The van der Waals surface area contributed by atoms with Crippen molar-refractivity contribution in [1.82, 2.24) is 0 Å². The molecular weight excluding hydrogens is 258 g/mol. The monoisotopic (exact) mass is 289 g/mol. The third-order valence-corrected chi connectivity index (χ3v) is 5.80. The van der Waals surface area contributed by atoms with E-state index in [1.165, 1.54) is 43.2 Å². The Kier molecular flexibility index (Phi) is 5.11. The van der Waals surface area contributed by atoms with E-state index in [2.05, 4.69) is 32.0 Å². The quantitative estimate of drug-likeness (QED) is 0.876. The maximum Gasteiger partial charge on any atom is 0.0936 e. The van der Waals surface area contributed by atoms with Crippen molar-refractivity contribution in [2.24, 2.45) is 11.1 Å². The van der Waals surface area contributed by atoms with E-state index in [4.69, 9.17) is 5.73 Å². The molecule has 0 bridgehead atoms. The van der Waals surface area contributed by atoms with Gasteiger partial charge in [-0.25, -0.2) is 0 Å². The van der Waals surface area contributed by atoms with E-state index in [0.717, 1.165) is 18.4 Å². The molecule has 1 unspecified atom stereocenters. The summed E-state index contributed by atoms with van der Waals surface area (Å²) >= 11 is 0. The van der Waals surface area contributed by atoms with Gasteiger partial charge in [0, 0.05) is 12.0 Å². The van der Waals surface area contributed by atoms with E-state index in [-0.39, 0.29) is 5.41 Å². The van der Waals surface area contributed by atoms with E-state index in [0.29, 0.717) is 6.54 Å². The Bertz CT molecular complexity index is 470. The second-order valence-corrected chi connectivity index (χ2v) is 7.12. The predicted molar refractivity (Wildman–Crippen MR) is 89.3 cm³/mol. The van der Waals surface area contributed by atoms with Crippen LogP contribution in [0.4, 0.5) is 0 Å². The minimum absolute atomic E-state index is 0.185. The first-order valence-corrected chi connectivity index (χ1v) is 8.43. The molecule has 0 amide bonds. The van der Waals surface area contributed by atoms with Crippen molar-refractivity contribution in [2.75, 3.05) is 6.54 Å². The van der Waals surface area contributed by atoms with Crippen LogP contribution in [-0.2, 0) is 5.60 Å². The van der Waals surface area contributed by atoms with E-state index >= 15 is 0 Å². The van der Waals surface area contributed by atoms with Crippen molar-refractivity contribution in [3.05, 3.63) is 34.9 Å². The molecule has 3 N–H and O–H groups in total. The molecule has 1 fully saturated rings. The largest absolute Gasteiger partial charge is 0.385 e. The highest BCUT2D eigenvalue weighted by molar-refractivity contribution is 5.34. The van der Waals surface area contributed by atoms with Crippen molar-refractivity contribution in [2.45, 2.75) is 71.3 Å². The van der Waals surface area contributed by atoms with Crippen LogP contribution in [0.1, 0.15) is 68.6 Å². The Morgan fingerprint density at radius 1 is 1.05 bits per heavy atom. The van der Waals surface area contributed by atoms with E-state index in [1.807, 2.05) is 6.92 Å². The molecule has 0 aliphatic heterocycles. The first kappa shape index (κ1) is 16.5. The Balaban J connectivity index is 2.38. The third kappa shape index (κ3) is 3.17. The van der Waals surface area contributed by atoms with Crippen LogP contribution in [0.25, 0.3) is 0 Å². The van der Waals surface area contributed by atoms with Gasteiger partial charge in [-0.05, 0) is 50.3 Å². The molecule has 2 rings (SSSR count). The number of hydrogen-bond donors (Lipinski definition) is 2. The van der Waals surface area contributed by atoms with Crippen molar-refractivity contribution in [3.8, 4) is 0 Å². The van der Waals surface area contributed by atoms with Crippen molar-refractivity contribution in [1.29, 1.82) is 0 Å². The van der Waals surface area contributed by atoms with E-state index in [9.17, 15) is 5.11 Å². The average molecular weight is 289 g/mol. The van der Waals surface area contributed by atoms with Gasteiger partial charge in [0.2, 0.25) is 0 Å². The van der Waals surface area contributed by atoms with Gasteiger partial charge in [-0.2, -0.15) is 0 Å². The second-order valence-electron chi connectivity index (χ2n) is 7.12. The molecule has 0 spiro atoms. The molecule has 1 aromatic rings. The van der Waals surface area contributed by atoms with Crippen molar-refractivity contribution >= 4 is 0 Å². The Morgan fingerprint density at radius 3 is 2.14 bits per heavy atom. The van der Waals surface area contributed by atoms with Gasteiger partial charge >= 0.3 is 0 Å². The third-order valence-electron chi connectivity index (χ3n) is 5.80. The van der Waals surface area contributed by atoms with Gasteiger partial charge in [0.15, 0.2) is 0 Å². The maximum atomic E-state index is 11.4. The predicted octanol–water partition coefficient (Wildman–Crippen LogP) is 4.20. The molecule has 1 aliphatic carbocycles. The Labute approximate surface area is 129 Å². The molecule has 21 heavy (non-hydrogen) atoms. The Morgan fingerprint density at radius 2 is 1.62 bits per heavy atom. The fourth-order valence-corrected chi connectivity index (χ4v) is 3.82.